The first-order valence-corrected chi connectivity index (χ1v) is 14.4. The minimum absolute atomic E-state index is 0.217. The molecule has 0 amide bonds. The van der Waals surface area contributed by atoms with Crippen molar-refractivity contribution < 1.29 is 37.9 Å². The van der Waals surface area contributed by atoms with Gasteiger partial charge in [-0.15, -0.1) is 0 Å². The number of carbonyl (C=O) groups is 2. The molecule has 0 radical (unpaired) electrons. The van der Waals surface area contributed by atoms with Gasteiger partial charge in [-0.25, -0.2) is 4.57 Å². The van der Waals surface area contributed by atoms with Crippen LogP contribution in [-0.2, 0) is 28.2 Å². The summed E-state index contributed by atoms with van der Waals surface area (Å²) in [6, 6.07) is 0. The van der Waals surface area contributed by atoms with Crippen LogP contribution in [0.25, 0.3) is 0 Å². The van der Waals surface area contributed by atoms with Crippen LogP contribution in [0, 0.1) is 0 Å². The summed E-state index contributed by atoms with van der Waals surface area (Å²) in [4.78, 5) is 41.6. The number of esters is 2. The maximum absolute atomic E-state index is 12.1. The van der Waals surface area contributed by atoms with Crippen molar-refractivity contribution >= 4 is 19.8 Å². The first kappa shape index (κ1) is 32.0. The van der Waals surface area contributed by atoms with Crippen LogP contribution in [0.2, 0.25) is 0 Å². The molecular formula is C24H47O8P. The normalized spacial score (nSPS) is 12.5. The Kier molecular flexibility index (Phi) is 21.0. The largest absolute Gasteiger partial charge is 0.469 e. The molecule has 0 heterocycles. The summed E-state index contributed by atoms with van der Waals surface area (Å²) in [7, 11) is -4.71. The zero-order valence-corrected chi connectivity index (χ0v) is 21.7. The summed E-state index contributed by atoms with van der Waals surface area (Å²) in [5.74, 6) is -0.912. The molecule has 1 atom stereocenters. The molecule has 0 rings (SSSR count). The molecule has 0 saturated carbocycles. The van der Waals surface area contributed by atoms with Crippen LogP contribution in [0.1, 0.15) is 123 Å². The molecule has 0 spiro atoms. The summed E-state index contributed by atoms with van der Waals surface area (Å²) >= 11 is 0. The van der Waals surface area contributed by atoms with Crippen molar-refractivity contribution in [1.82, 2.24) is 0 Å². The van der Waals surface area contributed by atoms with E-state index in [1.807, 2.05) is 6.92 Å². The fourth-order valence-corrected chi connectivity index (χ4v) is 3.79. The van der Waals surface area contributed by atoms with Crippen molar-refractivity contribution in [2.75, 3.05) is 13.2 Å². The quantitative estimate of drug-likeness (QED) is 0.0975. The first-order chi connectivity index (χ1) is 15.8. The Labute approximate surface area is 200 Å². The zero-order chi connectivity index (χ0) is 24.8. The van der Waals surface area contributed by atoms with Gasteiger partial charge in [0.25, 0.3) is 0 Å². The summed E-state index contributed by atoms with van der Waals surface area (Å²) < 4.78 is 25.7. The predicted octanol–water partition coefficient (Wildman–Crippen LogP) is 6.22. The van der Waals surface area contributed by atoms with Crippen molar-refractivity contribution in [2.24, 2.45) is 0 Å². The highest BCUT2D eigenvalue weighted by molar-refractivity contribution is 7.46. The third-order valence-electron chi connectivity index (χ3n) is 5.38. The van der Waals surface area contributed by atoms with Crippen molar-refractivity contribution in [3.05, 3.63) is 0 Å². The lowest BCUT2D eigenvalue weighted by Crippen LogP contribution is -2.29. The standard InChI is InChI=1S/C24H47O8P/c1-3-5-7-8-9-10-11-12-13-14-15-17-19-24(26)32-22(21-31-33(27,28)29)20-30-23(25)18-16-6-4-2/h22H,3-21H2,1-2H3,(H2,27,28,29). The highest BCUT2D eigenvalue weighted by atomic mass is 31.2. The van der Waals surface area contributed by atoms with Gasteiger partial charge in [-0.1, -0.05) is 97.3 Å². The fourth-order valence-electron chi connectivity index (χ4n) is 3.43. The highest BCUT2D eigenvalue weighted by Crippen LogP contribution is 2.35. The van der Waals surface area contributed by atoms with Crippen molar-refractivity contribution in [3.63, 3.8) is 0 Å². The highest BCUT2D eigenvalue weighted by Gasteiger charge is 2.22. The molecule has 0 aliphatic rings. The number of unbranched alkanes of at least 4 members (excludes halogenated alkanes) is 13. The molecule has 0 aliphatic carbocycles. The van der Waals surface area contributed by atoms with E-state index in [1.165, 1.54) is 51.4 Å². The molecule has 0 fully saturated rings. The molecule has 33 heavy (non-hydrogen) atoms. The van der Waals surface area contributed by atoms with E-state index >= 15 is 0 Å². The average molecular weight is 495 g/mol. The second-order valence-electron chi connectivity index (χ2n) is 8.68. The Morgan fingerprint density at radius 2 is 1.09 bits per heavy atom. The van der Waals surface area contributed by atoms with Crippen molar-refractivity contribution in [1.29, 1.82) is 0 Å². The molecule has 196 valence electrons. The van der Waals surface area contributed by atoms with Gasteiger partial charge in [0.15, 0.2) is 6.10 Å². The van der Waals surface area contributed by atoms with E-state index in [-0.39, 0.29) is 19.4 Å². The van der Waals surface area contributed by atoms with Crippen LogP contribution < -0.4 is 0 Å². The minimum atomic E-state index is -4.71. The predicted molar refractivity (Wildman–Crippen MR) is 129 cm³/mol. The van der Waals surface area contributed by atoms with Crippen LogP contribution in [0.15, 0.2) is 0 Å². The average Bonchev–Trinajstić information content (AvgIpc) is 2.76. The van der Waals surface area contributed by atoms with Gasteiger partial charge in [0.1, 0.15) is 6.61 Å². The molecule has 0 bridgehead atoms. The lowest BCUT2D eigenvalue weighted by molar-refractivity contribution is -0.161. The number of phosphoric acid groups is 1. The molecule has 0 aromatic heterocycles. The monoisotopic (exact) mass is 494 g/mol. The molecule has 0 aromatic rings. The topological polar surface area (TPSA) is 119 Å². The van der Waals surface area contributed by atoms with E-state index in [4.69, 9.17) is 19.3 Å². The van der Waals surface area contributed by atoms with Gasteiger partial charge < -0.3 is 19.3 Å². The summed E-state index contributed by atoms with van der Waals surface area (Å²) in [6.45, 7) is 3.44. The van der Waals surface area contributed by atoms with Gasteiger partial charge in [-0.05, 0) is 12.8 Å². The van der Waals surface area contributed by atoms with E-state index in [0.717, 1.165) is 32.1 Å². The third-order valence-corrected chi connectivity index (χ3v) is 5.86. The lowest BCUT2D eigenvalue weighted by Gasteiger charge is -2.18. The molecule has 0 aliphatic heterocycles. The summed E-state index contributed by atoms with van der Waals surface area (Å²) in [5.41, 5.74) is 0. The molecule has 9 heteroatoms. The fraction of sp³-hybridized carbons (Fsp3) is 0.917. The van der Waals surface area contributed by atoms with E-state index in [1.54, 1.807) is 0 Å². The molecular weight excluding hydrogens is 447 g/mol. The molecule has 8 nitrogen and oxygen atoms in total. The SMILES string of the molecule is CCCCCCCCCCCCCCC(=O)OC(COC(=O)CCCCC)COP(=O)(O)O. The summed E-state index contributed by atoms with van der Waals surface area (Å²) in [5, 5.41) is 0. The van der Waals surface area contributed by atoms with E-state index in [2.05, 4.69) is 11.4 Å². The minimum Gasteiger partial charge on any atom is -0.462 e. The number of ether oxygens (including phenoxy) is 2. The van der Waals surface area contributed by atoms with Crippen LogP contribution in [0.4, 0.5) is 0 Å². The van der Waals surface area contributed by atoms with E-state index < -0.39 is 32.5 Å². The Bertz CT molecular complexity index is 535. The molecule has 1 unspecified atom stereocenters. The third kappa shape index (κ3) is 24.0. The zero-order valence-electron chi connectivity index (χ0n) is 20.8. The second-order valence-corrected chi connectivity index (χ2v) is 9.92. The second kappa shape index (κ2) is 21.6. The van der Waals surface area contributed by atoms with Gasteiger partial charge in [-0.3, -0.25) is 14.1 Å². The maximum Gasteiger partial charge on any atom is 0.469 e. The van der Waals surface area contributed by atoms with Crippen molar-refractivity contribution in [2.45, 2.75) is 129 Å². The number of carbonyl (C=O) groups excluding carboxylic acids is 2. The van der Waals surface area contributed by atoms with Gasteiger partial charge in [0, 0.05) is 12.8 Å². The number of hydrogen-bond donors (Lipinski definition) is 2. The van der Waals surface area contributed by atoms with Crippen LogP contribution in [-0.4, -0.2) is 41.0 Å². The van der Waals surface area contributed by atoms with Crippen LogP contribution >= 0.6 is 7.82 Å². The van der Waals surface area contributed by atoms with Crippen molar-refractivity contribution in [3.8, 4) is 0 Å². The van der Waals surface area contributed by atoms with Gasteiger partial charge >= 0.3 is 19.8 Å². The van der Waals surface area contributed by atoms with E-state index in [0.29, 0.717) is 12.8 Å². The number of rotatable bonds is 23. The maximum atomic E-state index is 12.1. The van der Waals surface area contributed by atoms with Gasteiger partial charge in [0.05, 0.1) is 6.61 Å². The Hall–Kier alpha value is -0.950. The summed E-state index contributed by atoms with van der Waals surface area (Å²) in [6.07, 6.45) is 16.3. The molecule has 0 aromatic carbocycles. The molecule has 0 saturated heterocycles. The first-order valence-electron chi connectivity index (χ1n) is 12.8. The van der Waals surface area contributed by atoms with E-state index in [9.17, 15) is 14.2 Å². The number of phosphoric ester groups is 1. The van der Waals surface area contributed by atoms with Crippen LogP contribution in [0.5, 0.6) is 0 Å². The van der Waals surface area contributed by atoms with Gasteiger partial charge in [-0.2, -0.15) is 0 Å². The van der Waals surface area contributed by atoms with Crippen LogP contribution in [0.3, 0.4) is 0 Å². The Morgan fingerprint density at radius 1 is 0.667 bits per heavy atom. The Balaban J connectivity index is 4.00. The Morgan fingerprint density at radius 3 is 1.61 bits per heavy atom. The smallest absolute Gasteiger partial charge is 0.462 e. The number of hydrogen-bond acceptors (Lipinski definition) is 6. The lowest BCUT2D eigenvalue weighted by atomic mass is 10.0. The molecule has 2 N–H and O–H groups in total. The van der Waals surface area contributed by atoms with Gasteiger partial charge in [0.2, 0.25) is 0 Å².